The van der Waals surface area contributed by atoms with Crippen LogP contribution in [0, 0.1) is 5.41 Å². The summed E-state index contributed by atoms with van der Waals surface area (Å²) in [5.41, 5.74) is -0.385. The number of aromatic nitrogens is 1. The van der Waals surface area contributed by atoms with Crippen LogP contribution in [0.4, 0.5) is 0 Å². The highest BCUT2D eigenvalue weighted by Gasteiger charge is 2.59. The van der Waals surface area contributed by atoms with Gasteiger partial charge in [-0.05, 0) is 25.7 Å². The molecule has 1 aromatic rings. The first-order valence-corrected chi connectivity index (χ1v) is 6.09. The Morgan fingerprint density at radius 2 is 2.12 bits per heavy atom. The minimum absolute atomic E-state index is 0.348. The van der Waals surface area contributed by atoms with Crippen LogP contribution in [0.25, 0.3) is 0 Å². The third-order valence-corrected chi connectivity index (χ3v) is 4.24. The molecule has 0 aromatic carbocycles. The van der Waals surface area contributed by atoms with Crippen LogP contribution in [-0.4, -0.2) is 23.2 Å². The molecule has 0 atom stereocenters. The second-order valence-corrected chi connectivity index (χ2v) is 5.83. The first kappa shape index (κ1) is 9.19. The van der Waals surface area contributed by atoms with Gasteiger partial charge in [-0.2, -0.15) is 0 Å². The molecule has 4 nitrogen and oxygen atoms in total. The predicted molar refractivity (Wildman–Crippen MR) is 56.9 cm³/mol. The topological polar surface area (TPSA) is 58.3 Å². The van der Waals surface area contributed by atoms with Crippen LogP contribution in [0.15, 0.2) is 10.6 Å². The number of oxazole rings is 1. The van der Waals surface area contributed by atoms with Crippen molar-refractivity contribution in [1.82, 2.24) is 10.3 Å². The summed E-state index contributed by atoms with van der Waals surface area (Å²) in [7, 11) is 0. The van der Waals surface area contributed by atoms with Crippen molar-refractivity contribution in [3.05, 3.63) is 17.8 Å². The Kier molecular flexibility index (Phi) is 1.54. The van der Waals surface area contributed by atoms with Gasteiger partial charge < -0.3 is 14.8 Å². The molecule has 1 saturated heterocycles. The molecule has 86 valence electrons. The number of nitrogens with zero attached hydrogens (tertiary/aromatic N) is 1. The average molecular weight is 220 g/mol. The lowest BCUT2D eigenvalue weighted by atomic mass is 9.55. The summed E-state index contributed by atoms with van der Waals surface area (Å²) in [6.45, 7) is 2.08. The molecule has 1 aliphatic heterocycles. The van der Waals surface area contributed by atoms with Gasteiger partial charge in [0.25, 0.3) is 0 Å². The van der Waals surface area contributed by atoms with E-state index in [9.17, 15) is 5.11 Å². The van der Waals surface area contributed by atoms with Gasteiger partial charge in [0.1, 0.15) is 5.60 Å². The minimum atomic E-state index is -0.734. The van der Waals surface area contributed by atoms with Crippen molar-refractivity contribution in [2.75, 3.05) is 13.1 Å². The molecule has 2 aliphatic carbocycles. The Bertz CT molecular complexity index is 424. The molecule has 2 saturated carbocycles. The number of hydrogen-bond donors (Lipinski definition) is 2. The second kappa shape index (κ2) is 2.68. The van der Waals surface area contributed by atoms with E-state index in [-0.39, 0.29) is 0 Å². The summed E-state index contributed by atoms with van der Waals surface area (Å²) < 4.78 is 5.69. The average Bonchev–Trinajstić information content (AvgIpc) is 2.89. The molecule has 16 heavy (non-hydrogen) atoms. The van der Waals surface area contributed by atoms with Gasteiger partial charge in [0.05, 0.1) is 6.20 Å². The van der Waals surface area contributed by atoms with E-state index in [1.165, 1.54) is 12.8 Å². The standard InChI is InChI=1S/C12H16N2O2/c15-12(4-11(5-12)6-13-7-11)9-3-14-10(16-9)8-1-2-8/h3,8,13,15H,1-2,4-7H2. The van der Waals surface area contributed by atoms with Crippen molar-refractivity contribution < 1.29 is 9.52 Å². The smallest absolute Gasteiger partial charge is 0.197 e. The van der Waals surface area contributed by atoms with Gasteiger partial charge in [-0.1, -0.05) is 0 Å². The van der Waals surface area contributed by atoms with E-state index in [1.54, 1.807) is 6.20 Å². The Morgan fingerprint density at radius 3 is 2.69 bits per heavy atom. The monoisotopic (exact) mass is 220 g/mol. The van der Waals surface area contributed by atoms with Crippen LogP contribution >= 0.6 is 0 Å². The van der Waals surface area contributed by atoms with E-state index in [0.29, 0.717) is 17.1 Å². The summed E-state index contributed by atoms with van der Waals surface area (Å²) in [6, 6.07) is 0. The Labute approximate surface area is 94.1 Å². The van der Waals surface area contributed by atoms with E-state index in [0.717, 1.165) is 31.8 Å². The lowest BCUT2D eigenvalue weighted by Gasteiger charge is -2.57. The molecule has 0 amide bonds. The fraction of sp³-hybridized carbons (Fsp3) is 0.750. The fourth-order valence-corrected chi connectivity index (χ4v) is 3.11. The van der Waals surface area contributed by atoms with Crippen LogP contribution in [0.3, 0.4) is 0 Å². The van der Waals surface area contributed by atoms with E-state index in [4.69, 9.17) is 4.42 Å². The van der Waals surface area contributed by atoms with Crippen molar-refractivity contribution in [2.24, 2.45) is 5.41 Å². The molecule has 1 aromatic heterocycles. The quantitative estimate of drug-likeness (QED) is 0.784. The molecule has 2 heterocycles. The molecule has 0 bridgehead atoms. The molecule has 1 spiro atoms. The SMILES string of the molecule is OC1(c2cnc(C3CC3)o2)CC2(CNC2)C1. The van der Waals surface area contributed by atoms with Gasteiger partial charge in [0.15, 0.2) is 11.7 Å². The zero-order valence-corrected chi connectivity index (χ0v) is 9.20. The maximum absolute atomic E-state index is 10.4. The summed E-state index contributed by atoms with van der Waals surface area (Å²) in [6.07, 6.45) is 5.75. The predicted octanol–water partition coefficient (Wildman–Crippen LogP) is 1.12. The van der Waals surface area contributed by atoms with Gasteiger partial charge in [-0.25, -0.2) is 4.98 Å². The van der Waals surface area contributed by atoms with E-state index in [2.05, 4.69) is 10.3 Å². The highest BCUT2D eigenvalue weighted by atomic mass is 16.4. The van der Waals surface area contributed by atoms with Crippen LogP contribution < -0.4 is 5.32 Å². The first-order valence-electron chi connectivity index (χ1n) is 6.09. The second-order valence-electron chi connectivity index (χ2n) is 5.83. The number of nitrogens with one attached hydrogen (secondary N) is 1. The van der Waals surface area contributed by atoms with Crippen molar-refractivity contribution in [3.63, 3.8) is 0 Å². The van der Waals surface area contributed by atoms with E-state index in [1.807, 2.05) is 0 Å². The highest BCUT2D eigenvalue weighted by molar-refractivity contribution is 5.20. The van der Waals surface area contributed by atoms with Crippen LogP contribution in [0.2, 0.25) is 0 Å². The van der Waals surface area contributed by atoms with Crippen molar-refractivity contribution in [2.45, 2.75) is 37.2 Å². The third-order valence-electron chi connectivity index (χ3n) is 4.24. The van der Waals surface area contributed by atoms with Crippen LogP contribution in [0.5, 0.6) is 0 Å². The molecule has 4 heteroatoms. The minimum Gasteiger partial charge on any atom is -0.442 e. The zero-order chi connectivity index (χ0) is 10.8. The van der Waals surface area contributed by atoms with Gasteiger partial charge in [0, 0.05) is 24.4 Å². The van der Waals surface area contributed by atoms with Crippen molar-refractivity contribution in [3.8, 4) is 0 Å². The Morgan fingerprint density at radius 1 is 1.38 bits per heavy atom. The lowest BCUT2D eigenvalue weighted by molar-refractivity contribution is -0.166. The Hall–Kier alpha value is -0.870. The fourth-order valence-electron chi connectivity index (χ4n) is 3.11. The maximum Gasteiger partial charge on any atom is 0.197 e. The molecular formula is C12H16N2O2. The Balaban J connectivity index is 1.55. The largest absolute Gasteiger partial charge is 0.442 e. The summed E-state index contributed by atoms with van der Waals surface area (Å²) in [5.74, 6) is 2.04. The number of rotatable bonds is 2. The number of aliphatic hydroxyl groups is 1. The maximum atomic E-state index is 10.4. The lowest BCUT2D eigenvalue weighted by Crippen LogP contribution is -2.65. The normalized spacial score (nSPS) is 29.8. The summed E-state index contributed by atoms with van der Waals surface area (Å²) >= 11 is 0. The molecule has 2 N–H and O–H groups in total. The van der Waals surface area contributed by atoms with Gasteiger partial charge in [-0.3, -0.25) is 0 Å². The molecule has 0 unspecified atom stereocenters. The van der Waals surface area contributed by atoms with E-state index < -0.39 is 5.60 Å². The van der Waals surface area contributed by atoms with Gasteiger partial charge >= 0.3 is 0 Å². The van der Waals surface area contributed by atoms with Gasteiger partial charge in [0.2, 0.25) is 0 Å². The third kappa shape index (κ3) is 1.14. The molecular weight excluding hydrogens is 204 g/mol. The number of hydrogen-bond acceptors (Lipinski definition) is 4. The molecule has 3 aliphatic rings. The molecule has 4 rings (SSSR count). The van der Waals surface area contributed by atoms with Crippen molar-refractivity contribution >= 4 is 0 Å². The highest BCUT2D eigenvalue weighted by Crippen LogP contribution is 2.56. The van der Waals surface area contributed by atoms with Crippen molar-refractivity contribution in [1.29, 1.82) is 0 Å². The van der Waals surface area contributed by atoms with Crippen LogP contribution in [-0.2, 0) is 5.60 Å². The zero-order valence-electron chi connectivity index (χ0n) is 9.20. The first-order chi connectivity index (χ1) is 7.69. The van der Waals surface area contributed by atoms with E-state index >= 15 is 0 Å². The van der Waals surface area contributed by atoms with Gasteiger partial charge in [-0.15, -0.1) is 0 Å². The summed E-state index contributed by atoms with van der Waals surface area (Å²) in [5, 5.41) is 13.7. The molecule has 3 fully saturated rings. The molecule has 0 radical (unpaired) electrons. The van der Waals surface area contributed by atoms with Crippen LogP contribution in [0.1, 0.15) is 43.3 Å². The summed E-state index contributed by atoms with van der Waals surface area (Å²) in [4.78, 5) is 4.28.